The van der Waals surface area contributed by atoms with Crippen LogP contribution in [0, 0.1) is 6.92 Å². The van der Waals surface area contributed by atoms with Crippen molar-refractivity contribution < 1.29 is 9.53 Å². The highest BCUT2D eigenvalue weighted by Crippen LogP contribution is 2.41. The van der Waals surface area contributed by atoms with Crippen LogP contribution in [0.25, 0.3) is 22.0 Å². The molecule has 1 aromatic carbocycles. The van der Waals surface area contributed by atoms with Gasteiger partial charge in [0.25, 0.3) is 0 Å². The molecule has 35 heavy (non-hydrogen) atoms. The second-order valence-corrected chi connectivity index (χ2v) is 9.99. The van der Waals surface area contributed by atoms with Crippen LogP contribution in [0.1, 0.15) is 43.4 Å². The van der Waals surface area contributed by atoms with E-state index in [0.717, 1.165) is 55.7 Å². The minimum atomic E-state index is 0.0171. The van der Waals surface area contributed by atoms with E-state index in [4.69, 9.17) is 9.72 Å². The molecular formula is C27H32N6O2. The van der Waals surface area contributed by atoms with Crippen LogP contribution in [0.15, 0.2) is 48.1 Å². The summed E-state index contributed by atoms with van der Waals surface area (Å²) in [5.74, 6) is 0.136. The van der Waals surface area contributed by atoms with Crippen molar-refractivity contribution in [2.24, 2.45) is 7.05 Å². The van der Waals surface area contributed by atoms with Crippen molar-refractivity contribution in [1.29, 1.82) is 0 Å². The standard InChI is InChI=1S/C27H32N6O2/c1-17-10-19-12-25(20-13-29-31(3)15-20)28-14-23(19)22(11-17)27-24-16-32(18(2)34)7-4-26(24)33(30-27)21-5-8-35-9-6-21/h10-15,21,27,30H,4-9,16H2,1-3H3. The van der Waals surface area contributed by atoms with E-state index >= 15 is 0 Å². The van der Waals surface area contributed by atoms with Gasteiger partial charge in [-0.05, 0) is 42.4 Å². The third-order valence-corrected chi connectivity index (χ3v) is 7.58. The van der Waals surface area contributed by atoms with Crippen molar-refractivity contribution >= 4 is 16.7 Å². The number of hydrazine groups is 1. The maximum atomic E-state index is 12.3. The van der Waals surface area contributed by atoms with Gasteiger partial charge in [-0.2, -0.15) is 5.10 Å². The number of ether oxygens (including phenoxy) is 1. The molecule has 1 atom stereocenters. The first kappa shape index (κ1) is 22.2. The third-order valence-electron chi connectivity index (χ3n) is 7.58. The third kappa shape index (κ3) is 4.00. The molecule has 1 amide bonds. The summed E-state index contributed by atoms with van der Waals surface area (Å²) in [6, 6.07) is 7.09. The zero-order valence-electron chi connectivity index (χ0n) is 20.6. The molecule has 3 aromatic rings. The van der Waals surface area contributed by atoms with E-state index in [2.05, 4.69) is 40.7 Å². The summed E-state index contributed by atoms with van der Waals surface area (Å²) in [5.41, 5.74) is 10.9. The van der Waals surface area contributed by atoms with Gasteiger partial charge in [0.2, 0.25) is 5.91 Å². The zero-order chi connectivity index (χ0) is 24.1. The lowest BCUT2D eigenvalue weighted by Gasteiger charge is -2.36. The summed E-state index contributed by atoms with van der Waals surface area (Å²) >= 11 is 0. The van der Waals surface area contributed by atoms with Crippen molar-refractivity contribution in [1.82, 2.24) is 30.1 Å². The van der Waals surface area contributed by atoms with Gasteiger partial charge in [-0.3, -0.25) is 14.5 Å². The highest BCUT2D eigenvalue weighted by molar-refractivity contribution is 5.89. The number of carbonyl (C=O) groups is 1. The van der Waals surface area contributed by atoms with Crippen LogP contribution < -0.4 is 5.43 Å². The van der Waals surface area contributed by atoms with Crippen LogP contribution in [0.4, 0.5) is 0 Å². The fourth-order valence-corrected chi connectivity index (χ4v) is 5.79. The van der Waals surface area contributed by atoms with Crippen LogP contribution in [-0.4, -0.2) is 62.9 Å². The predicted octanol–water partition coefficient (Wildman–Crippen LogP) is 3.49. The Morgan fingerprint density at radius 3 is 2.74 bits per heavy atom. The molecule has 5 heterocycles. The number of nitrogens with one attached hydrogen (secondary N) is 1. The van der Waals surface area contributed by atoms with Gasteiger partial charge >= 0.3 is 0 Å². The number of benzene rings is 1. The smallest absolute Gasteiger partial charge is 0.219 e. The van der Waals surface area contributed by atoms with Crippen LogP contribution in [0.2, 0.25) is 0 Å². The van der Waals surface area contributed by atoms with Crippen molar-refractivity contribution in [3.8, 4) is 11.3 Å². The Labute approximate surface area is 205 Å². The molecule has 2 aromatic heterocycles. The maximum Gasteiger partial charge on any atom is 0.219 e. The second kappa shape index (κ2) is 8.77. The Morgan fingerprint density at radius 2 is 2.00 bits per heavy atom. The Balaban J connectivity index is 1.43. The van der Waals surface area contributed by atoms with Crippen molar-refractivity contribution in [2.75, 3.05) is 26.3 Å². The average molecular weight is 473 g/mol. The van der Waals surface area contributed by atoms with Crippen molar-refractivity contribution in [3.05, 3.63) is 59.2 Å². The first-order valence-corrected chi connectivity index (χ1v) is 12.5. The highest BCUT2D eigenvalue weighted by Gasteiger charge is 2.40. The lowest BCUT2D eigenvalue weighted by molar-refractivity contribution is -0.128. The summed E-state index contributed by atoms with van der Waals surface area (Å²) in [6.45, 7) is 6.85. The molecule has 0 aliphatic carbocycles. The molecule has 1 unspecified atom stereocenters. The molecule has 0 saturated carbocycles. The Morgan fingerprint density at radius 1 is 1.17 bits per heavy atom. The van der Waals surface area contributed by atoms with Gasteiger partial charge in [0.05, 0.1) is 17.9 Å². The SMILES string of the molecule is CC(=O)N1CCC2=C(C1)C(c1cc(C)cc3cc(-c4cnn(C)c4)ncc13)NN2C1CCOCC1. The molecule has 1 N–H and O–H groups in total. The Bertz CT molecular complexity index is 1320. The largest absolute Gasteiger partial charge is 0.381 e. The average Bonchev–Trinajstić information content (AvgIpc) is 3.47. The predicted molar refractivity (Wildman–Crippen MR) is 134 cm³/mol. The minimum Gasteiger partial charge on any atom is -0.381 e. The fourth-order valence-electron chi connectivity index (χ4n) is 5.79. The second-order valence-electron chi connectivity index (χ2n) is 9.99. The number of hydrogen-bond donors (Lipinski definition) is 1. The van der Waals surface area contributed by atoms with Crippen molar-refractivity contribution in [2.45, 2.75) is 45.2 Å². The molecule has 0 bridgehead atoms. The number of amides is 1. The van der Waals surface area contributed by atoms with Gasteiger partial charge in [0, 0.05) is 81.8 Å². The molecule has 6 rings (SSSR count). The number of hydrogen-bond acceptors (Lipinski definition) is 6. The molecule has 1 fully saturated rings. The number of carbonyl (C=O) groups excluding carboxylic acids is 1. The molecule has 3 aliphatic heterocycles. The van der Waals surface area contributed by atoms with Crippen LogP contribution in [0.3, 0.4) is 0 Å². The minimum absolute atomic E-state index is 0.0171. The maximum absolute atomic E-state index is 12.3. The Kier molecular flexibility index (Phi) is 5.57. The zero-order valence-corrected chi connectivity index (χ0v) is 20.6. The van der Waals surface area contributed by atoms with Crippen LogP contribution >= 0.6 is 0 Å². The summed E-state index contributed by atoms with van der Waals surface area (Å²) in [6.07, 6.45) is 8.74. The molecule has 182 valence electrons. The van der Waals surface area contributed by atoms with E-state index in [-0.39, 0.29) is 11.9 Å². The number of aryl methyl sites for hydroxylation is 2. The van der Waals surface area contributed by atoms with Crippen LogP contribution in [0.5, 0.6) is 0 Å². The van der Waals surface area contributed by atoms with E-state index in [1.54, 1.807) is 11.6 Å². The van der Waals surface area contributed by atoms with Gasteiger partial charge < -0.3 is 14.6 Å². The summed E-state index contributed by atoms with van der Waals surface area (Å²) < 4.78 is 7.44. The summed E-state index contributed by atoms with van der Waals surface area (Å²) in [7, 11) is 1.92. The number of aromatic nitrogens is 3. The van der Waals surface area contributed by atoms with Gasteiger partial charge in [0.1, 0.15) is 0 Å². The van der Waals surface area contributed by atoms with Gasteiger partial charge in [-0.1, -0.05) is 17.7 Å². The summed E-state index contributed by atoms with van der Waals surface area (Å²) in [4.78, 5) is 19.1. The van der Waals surface area contributed by atoms with Gasteiger partial charge in [-0.25, -0.2) is 5.43 Å². The molecule has 0 radical (unpaired) electrons. The topological polar surface area (TPSA) is 75.5 Å². The summed E-state index contributed by atoms with van der Waals surface area (Å²) in [5, 5.41) is 9.02. The van der Waals surface area contributed by atoms with E-state index in [9.17, 15) is 4.79 Å². The molecule has 8 heteroatoms. The number of fused-ring (bicyclic) bond motifs is 1. The lowest BCUT2D eigenvalue weighted by atomic mass is 9.90. The molecule has 0 spiro atoms. The highest BCUT2D eigenvalue weighted by atomic mass is 16.5. The number of pyridine rings is 1. The molecular weight excluding hydrogens is 440 g/mol. The first-order valence-electron chi connectivity index (χ1n) is 12.5. The van der Waals surface area contributed by atoms with Gasteiger partial charge in [0.15, 0.2) is 0 Å². The van der Waals surface area contributed by atoms with Gasteiger partial charge in [-0.15, -0.1) is 0 Å². The lowest BCUT2D eigenvalue weighted by Crippen LogP contribution is -2.45. The monoisotopic (exact) mass is 472 g/mol. The fraction of sp³-hybridized carbons (Fsp3) is 0.444. The quantitative estimate of drug-likeness (QED) is 0.629. The Hall–Kier alpha value is -3.23. The number of rotatable bonds is 3. The van der Waals surface area contributed by atoms with E-state index in [1.165, 1.54) is 27.8 Å². The molecule has 8 nitrogen and oxygen atoms in total. The van der Waals surface area contributed by atoms with E-state index in [1.807, 2.05) is 30.5 Å². The first-order chi connectivity index (χ1) is 17.0. The van der Waals surface area contributed by atoms with Crippen LogP contribution in [-0.2, 0) is 16.6 Å². The normalized spacial score (nSPS) is 21.2. The number of nitrogens with zero attached hydrogens (tertiary/aromatic N) is 5. The van der Waals surface area contributed by atoms with E-state index < -0.39 is 0 Å². The van der Waals surface area contributed by atoms with Crippen molar-refractivity contribution in [3.63, 3.8) is 0 Å². The molecule has 1 saturated heterocycles. The molecule has 3 aliphatic rings. The van der Waals surface area contributed by atoms with E-state index in [0.29, 0.717) is 12.6 Å².